The Kier molecular flexibility index (Phi) is 3.55. The quantitative estimate of drug-likeness (QED) is 0.742. The van der Waals surface area contributed by atoms with Gasteiger partial charge in [0.15, 0.2) is 5.78 Å². The average Bonchev–Trinajstić information content (AvgIpc) is 2.89. The van der Waals surface area contributed by atoms with Gasteiger partial charge < -0.3 is 9.15 Å². The maximum absolute atomic E-state index is 12.0. The van der Waals surface area contributed by atoms with E-state index in [2.05, 4.69) is 4.98 Å². The van der Waals surface area contributed by atoms with Gasteiger partial charge >= 0.3 is 0 Å². The van der Waals surface area contributed by atoms with Gasteiger partial charge in [0.25, 0.3) is 0 Å². The molecule has 2 aromatic heterocycles. The minimum Gasteiger partial charge on any atom is -0.492 e. The lowest BCUT2D eigenvalue weighted by molar-refractivity contribution is 0.103. The summed E-state index contributed by atoms with van der Waals surface area (Å²) in [5.74, 6) is 0.495. The number of ketones is 1. The van der Waals surface area contributed by atoms with Gasteiger partial charge in [-0.05, 0) is 18.6 Å². The normalized spacial score (nSPS) is 10.2. The molecule has 17 heavy (non-hydrogen) atoms. The van der Waals surface area contributed by atoms with Crippen molar-refractivity contribution in [1.29, 1.82) is 0 Å². The first-order chi connectivity index (χ1) is 8.31. The summed E-state index contributed by atoms with van der Waals surface area (Å²) in [7, 11) is 0. The van der Waals surface area contributed by atoms with Crippen LogP contribution < -0.4 is 4.74 Å². The number of nitrogens with zero attached hydrogens (tertiary/aromatic N) is 1. The molecule has 2 rings (SSSR count). The summed E-state index contributed by atoms with van der Waals surface area (Å²) in [4.78, 5) is 16.0. The molecule has 0 spiro atoms. The number of ether oxygens (including phenoxy) is 1. The second-order valence-corrected chi connectivity index (χ2v) is 3.60. The Morgan fingerprint density at radius 3 is 3.00 bits per heavy atom. The SMILES string of the molecule is CCCOc1cncc(C(=O)c2ccoc2)c1. The first-order valence-electron chi connectivity index (χ1n) is 5.46. The van der Waals surface area contributed by atoms with Gasteiger partial charge in [-0.2, -0.15) is 0 Å². The van der Waals surface area contributed by atoms with E-state index in [0.29, 0.717) is 23.5 Å². The molecular weight excluding hydrogens is 218 g/mol. The highest BCUT2D eigenvalue weighted by Crippen LogP contribution is 2.15. The molecule has 0 aliphatic carbocycles. The van der Waals surface area contributed by atoms with Crippen LogP contribution in [0.4, 0.5) is 0 Å². The second kappa shape index (κ2) is 5.30. The van der Waals surface area contributed by atoms with Crippen LogP contribution in [0.3, 0.4) is 0 Å². The van der Waals surface area contributed by atoms with Crippen LogP contribution in [0.25, 0.3) is 0 Å². The third-order valence-electron chi connectivity index (χ3n) is 2.23. The van der Waals surface area contributed by atoms with E-state index in [1.54, 1.807) is 18.3 Å². The molecule has 0 N–H and O–H groups in total. The second-order valence-electron chi connectivity index (χ2n) is 3.60. The van der Waals surface area contributed by atoms with Gasteiger partial charge in [0.05, 0.1) is 24.6 Å². The molecule has 4 nitrogen and oxygen atoms in total. The van der Waals surface area contributed by atoms with Crippen LogP contribution in [0, 0.1) is 0 Å². The van der Waals surface area contributed by atoms with E-state index in [4.69, 9.17) is 9.15 Å². The zero-order valence-corrected chi connectivity index (χ0v) is 9.55. The third kappa shape index (κ3) is 2.72. The van der Waals surface area contributed by atoms with Gasteiger partial charge in [-0.3, -0.25) is 9.78 Å². The number of carbonyl (C=O) groups excluding carboxylic acids is 1. The van der Waals surface area contributed by atoms with E-state index in [1.165, 1.54) is 18.7 Å². The Morgan fingerprint density at radius 1 is 1.41 bits per heavy atom. The fraction of sp³-hybridized carbons (Fsp3) is 0.231. The molecule has 0 bridgehead atoms. The van der Waals surface area contributed by atoms with Crippen molar-refractivity contribution in [2.45, 2.75) is 13.3 Å². The van der Waals surface area contributed by atoms with Crippen molar-refractivity contribution in [3.8, 4) is 5.75 Å². The molecule has 0 amide bonds. The van der Waals surface area contributed by atoms with Crippen molar-refractivity contribution in [2.75, 3.05) is 6.61 Å². The molecule has 4 heteroatoms. The van der Waals surface area contributed by atoms with E-state index in [0.717, 1.165) is 6.42 Å². The molecule has 0 unspecified atom stereocenters. The molecule has 0 radical (unpaired) electrons. The average molecular weight is 231 g/mol. The van der Waals surface area contributed by atoms with Crippen molar-refractivity contribution < 1.29 is 13.9 Å². The number of hydrogen-bond donors (Lipinski definition) is 0. The lowest BCUT2D eigenvalue weighted by Crippen LogP contribution is -2.02. The number of furan rings is 1. The molecular formula is C13H13NO3. The zero-order chi connectivity index (χ0) is 12.1. The summed E-state index contributed by atoms with van der Waals surface area (Å²) in [6.45, 7) is 2.64. The standard InChI is InChI=1S/C13H13NO3/c1-2-4-17-12-6-11(7-14-8-12)13(15)10-3-5-16-9-10/h3,5-9H,2,4H2,1H3. The summed E-state index contributed by atoms with van der Waals surface area (Å²) in [5, 5.41) is 0. The fourth-order valence-electron chi connectivity index (χ4n) is 1.40. The monoisotopic (exact) mass is 231 g/mol. The van der Waals surface area contributed by atoms with Crippen molar-refractivity contribution in [1.82, 2.24) is 4.98 Å². The van der Waals surface area contributed by atoms with Crippen LogP contribution in [-0.2, 0) is 0 Å². The van der Waals surface area contributed by atoms with E-state index in [9.17, 15) is 4.79 Å². The van der Waals surface area contributed by atoms with Crippen LogP contribution >= 0.6 is 0 Å². The van der Waals surface area contributed by atoms with Crippen molar-refractivity contribution in [2.24, 2.45) is 0 Å². The number of aromatic nitrogens is 1. The topological polar surface area (TPSA) is 52.3 Å². The van der Waals surface area contributed by atoms with Crippen molar-refractivity contribution >= 4 is 5.78 Å². The predicted molar refractivity (Wildman–Crippen MR) is 62.2 cm³/mol. The van der Waals surface area contributed by atoms with Crippen molar-refractivity contribution in [3.63, 3.8) is 0 Å². The molecule has 2 heterocycles. The number of rotatable bonds is 5. The van der Waals surface area contributed by atoms with Crippen LogP contribution in [-0.4, -0.2) is 17.4 Å². The molecule has 88 valence electrons. The van der Waals surface area contributed by atoms with Gasteiger partial charge in [0.1, 0.15) is 12.0 Å². The van der Waals surface area contributed by atoms with Gasteiger partial charge in [0.2, 0.25) is 0 Å². The maximum atomic E-state index is 12.0. The minimum absolute atomic E-state index is 0.117. The zero-order valence-electron chi connectivity index (χ0n) is 9.55. The smallest absolute Gasteiger partial charge is 0.197 e. The summed E-state index contributed by atoms with van der Waals surface area (Å²) in [5.41, 5.74) is 1.01. The van der Waals surface area contributed by atoms with Crippen LogP contribution in [0.2, 0.25) is 0 Å². The summed E-state index contributed by atoms with van der Waals surface area (Å²) >= 11 is 0. The highest BCUT2D eigenvalue weighted by molar-refractivity contribution is 6.08. The molecule has 0 saturated carbocycles. The largest absolute Gasteiger partial charge is 0.492 e. The summed E-state index contributed by atoms with van der Waals surface area (Å²) in [6.07, 6.45) is 6.93. The maximum Gasteiger partial charge on any atom is 0.197 e. The third-order valence-corrected chi connectivity index (χ3v) is 2.23. The first kappa shape index (κ1) is 11.4. The lowest BCUT2D eigenvalue weighted by atomic mass is 10.1. The Hall–Kier alpha value is -2.10. The van der Waals surface area contributed by atoms with Gasteiger partial charge in [-0.25, -0.2) is 0 Å². The summed E-state index contributed by atoms with van der Waals surface area (Å²) < 4.78 is 10.3. The van der Waals surface area contributed by atoms with Gasteiger partial charge in [-0.1, -0.05) is 6.92 Å². The molecule has 0 atom stereocenters. The highest BCUT2D eigenvalue weighted by Gasteiger charge is 2.11. The molecule has 0 aliphatic rings. The van der Waals surface area contributed by atoms with E-state index in [-0.39, 0.29) is 5.78 Å². The molecule has 0 aliphatic heterocycles. The Labute approximate surface area is 99.2 Å². The Balaban J connectivity index is 2.18. The van der Waals surface area contributed by atoms with E-state index in [1.807, 2.05) is 6.92 Å². The Morgan fingerprint density at radius 2 is 2.29 bits per heavy atom. The van der Waals surface area contributed by atoms with Gasteiger partial charge in [0, 0.05) is 11.8 Å². The van der Waals surface area contributed by atoms with Crippen molar-refractivity contribution in [3.05, 3.63) is 48.2 Å². The highest BCUT2D eigenvalue weighted by atomic mass is 16.5. The minimum atomic E-state index is -0.117. The molecule has 2 aromatic rings. The predicted octanol–water partition coefficient (Wildman–Crippen LogP) is 2.69. The van der Waals surface area contributed by atoms with E-state index < -0.39 is 0 Å². The van der Waals surface area contributed by atoms with Gasteiger partial charge in [-0.15, -0.1) is 0 Å². The number of pyridine rings is 1. The fourth-order valence-corrected chi connectivity index (χ4v) is 1.40. The molecule has 0 aromatic carbocycles. The van der Waals surface area contributed by atoms with E-state index >= 15 is 0 Å². The van der Waals surface area contributed by atoms with Crippen LogP contribution in [0.15, 0.2) is 41.5 Å². The first-order valence-corrected chi connectivity index (χ1v) is 5.46. The molecule has 0 fully saturated rings. The lowest BCUT2D eigenvalue weighted by Gasteiger charge is -2.04. The number of carbonyl (C=O) groups is 1. The van der Waals surface area contributed by atoms with Crippen LogP contribution in [0.5, 0.6) is 5.75 Å². The summed E-state index contributed by atoms with van der Waals surface area (Å²) in [6, 6.07) is 3.32. The van der Waals surface area contributed by atoms with Crippen LogP contribution in [0.1, 0.15) is 29.3 Å². The number of hydrogen-bond acceptors (Lipinski definition) is 4. The Bertz CT molecular complexity index is 491. The molecule has 0 saturated heterocycles.